The van der Waals surface area contributed by atoms with Gasteiger partial charge in [-0.2, -0.15) is 0 Å². The van der Waals surface area contributed by atoms with Crippen LogP contribution in [-0.2, 0) is 9.59 Å². The molecule has 1 amide bonds. The number of hydrogen-bond acceptors (Lipinski definition) is 2. The highest BCUT2D eigenvalue weighted by Crippen LogP contribution is 2.03. The molecule has 0 bridgehead atoms. The second-order valence-corrected chi connectivity index (χ2v) is 2.70. The van der Waals surface area contributed by atoms with Crippen LogP contribution in [0.25, 0.3) is 0 Å². The zero-order valence-corrected chi connectivity index (χ0v) is 7.14. The lowest BCUT2D eigenvalue weighted by Gasteiger charge is -2.14. The summed E-state index contributed by atoms with van der Waals surface area (Å²) in [5.41, 5.74) is 0. The van der Waals surface area contributed by atoms with E-state index in [-0.39, 0.29) is 18.9 Å². The van der Waals surface area contributed by atoms with Crippen molar-refractivity contribution in [3.63, 3.8) is 0 Å². The lowest BCUT2D eigenvalue weighted by molar-refractivity contribution is -0.137. The third-order valence-corrected chi connectivity index (χ3v) is 1.69. The first-order valence-corrected chi connectivity index (χ1v) is 4.05. The molecular weight excluding hydrogens is 170 g/mol. The van der Waals surface area contributed by atoms with Crippen LogP contribution in [0.4, 0.5) is 0 Å². The van der Waals surface area contributed by atoms with Gasteiger partial charge in [0.15, 0.2) is 0 Å². The van der Waals surface area contributed by atoms with E-state index in [9.17, 15) is 9.59 Å². The minimum absolute atomic E-state index is 0.0178. The van der Waals surface area contributed by atoms with Crippen LogP contribution in [0.3, 0.4) is 0 Å². The highest BCUT2D eigenvalue weighted by atomic mass is 16.4. The Bertz CT molecular complexity index is 268. The number of allylic oxidation sites excluding steroid dienone is 2. The quantitative estimate of drug-likeness (QED) is 0.699. The minimum Gasteiger partial charge on any atom is -0.481 e. The number of rotatable bonds is 3. The molecule has 0 spiro atoms. The molecule has 1 aliphatic rings. The Labute approximate surface area is 76.2 Å². The van der Waals surface area contributed by atoms with Crippen molar-refractivity contribution in [3.8, 4) is 0 Å². The number of amides is 1. The van der Waals surface area contributed by atoms with Crippen molar-refractivity contribution in [2.75, 3.05) is 6.54 Å². The fourth-order valence-corrected chi connectivity index (χ4v) is 1.02. The highest BCUT2D eigenvalue weighted by molar-refractivity contribution is 5.80. The number of carboxylic acid groups (broad SMARTS) is 1. The van der Waals surface area contributed by atoms with Crippen LogP contribution in [0, 0.1) is 0 Å². The molecule has 0 aromatic heterocycles. The van der Waals surface area contributed by atoms with Gasteiger partial charge >= 0.3 is 5.97 Å². The Hall–Kier alpha value is -1.58. The van der Waals surface area contributed by atoms with Crippen LogP contribution in [0.2, 0.25) is 0 Å². The molecule has 0 saturated heterocycles. The van der Waals surface area contributed by atoms with E-state index in [4.69, 9.17) is 5.11 Å². The molecule has 0 aromatic carbocycles. The molecule has 0 radical (unpaired) electrons. The van der Waals surface area contributed by atoms with Crippen molar-refractivity contribution in [1.82, 2.24) is 4.90 Å². The highest BCUT2D eigenvalue weighted by Gasteiger charge is 2.11. The molecule has 4 heteroatoms. The average Bonchev–Trinajstić information content (AvgIpc) is 2.27. The summed E-state index contributed by atoms with van der Waals surface area (Å²) in [4.78, 5) is 22.9. The Morgan fingerprint density at radius 2 is 2.31 bits per heavy atom. The second-order valence-electron chi connectivity index (χ2n) is 2.70. The van der Waals surface area contributed by atoms with E-state index in [1.165, 1.54) is 4.90 Å². The van der Waals surface area contributed by atoms with Crippen LogP contribution < -0.4 is 0 Å². The predicted octanol–water partition coefficient (Wildman–Crippen LogP) is 0.763. The van der Waals surface area contributed by atoms with Gasteiger partial charge in [0.05, 0.1) is 6.42 Å². The normalized spacial score (nSPS) is 16.0. The van der Waals surface area contributed by atoms with Gasteiger partial charge in [0.2, 0.25) is 5.91 Å². The maximum atomic E-state index is 11.3. The first kappa shape index (κ1) is 9.51. The van der Waals surface area contributed by atoms with Gasteiger partial charge in [-0.05, 0) is 6.08 Å². The van der Waals surface area contributed by atoms with Crippen LogP contribution in [-0.4, -0.2) is 28.4 Å². The summed E-state index contributed by atoms with van der Waals surface area (Å²) in [5.74, 6) is -0.954. The number of carboxylic acids is 1. The summed E-state index contributed by atoms with van der Waals surface area (Å²) in [6, 6.07) is 0. The topological polar surface area (TPSA) is 57.6 Å². The van der Waals surface area contributed by atoms with E-state index < -0.39 is 5.97 Å². The summed E-state index contributed by atoms with van der Waals surface area (Å²) in [6.45, 7) is 0.242. The summed E-state index contributed by atoms with van der Waals surface area (Å²) in [7, 11) is 0. The van der Waals surface area contributed by atoms with Gasteiger partial charge in [-0.1, -0.05) is 12.2 Å². The Morgan fingerprint density at radius 1 is 1.54 bits per heavy atom. The van der Waals surface area contributed by atoms with Crippen LogP contribution >= 0.6 is 0 Å². The van der Waals surface area contributed by atoms with Crippen molar-refractivity contribution in [2.45, 2.75) is 12.8 Å². The molecule has 1 N–H and O–H groups in total. The molecular formula is C9H11NO3. The molecule has 1 rings (SSSR count). The number of carbonyl (C=O) groups is 2. The van der Waals surface area contributed by atoms with Gasteiger partial charge in [0.25, 0.3) is 0 Å². The van der Waals surface area contributed by atoms with Crippen molar-refractivity contribution in [2.24, 2.45) is 0 Å². The van der Waals surface area contributed by atoms with Crippen LogP contribution in [0.15, 0.2) is 24.4 Å². The van der Waals surface area contributed by atoms with Gasteiger partial charge in [-0.3, -0.25) is 9.59 Å². The van der Waals surface area contributed by atoms with E-state index in [1.807, 2.05) is 0 Å². The van der Waals surface area contributed by atoms with E-state index in [0.717, 1.165) is 0 Å². The zero-order valence-electron chi connectivity index (χ0n) is 7.14. The van der Waals surface area contributed by atoms with E-state index in [2.05, 4.69) is 0 Å². The summed E-state index contributed by atoms with van der Waals surface area (Å²) < 4.78 is 0. The standard InChI is InChI=1S/C9H11NO3/c11-8-4-2-1-3-6-10(8)7-5-9(12)13/h1-3,6H,4-5,7H2,(H,12,13). The number of nitrogens with zero attached hydrogens (tertiary/aromatic N) is 1. The van der Waals surface area contributed by atoms with Gasteiger partial charge in [-0.15, -0.1) is 0 Å². The molecule has 0 fully saturated rings. The maximum Gasteiger partial charge on any atom is 0.305 e. The monoisotopic (exact) mass is 181 g/mol. The fourth-order valence-electron chi connectivity index (χ4n) is 1.02. The van der Waals surface area contributed by atoms with Gasteiger partial charge < -0.3 is 10.0 Å². The van der Waals surface area contributed by atoms with E-state index in [0.29, 0.717) is 6.42 Å². The minimum atomic E-state index is -0.890. The summed E-state index contributed by atoms with van der Waals surface area (Å²) in [6.07, 6.45) is 7.18. The lowest BCUT2D eigenvalue weighted by Crippen LogP contribution is -2.26. The van der Waals surface area contributed by atoms with Gasteiger partial charge in [0.1, 0.15) is 0 Å². The Kier molecular flexibility index (Phi) is 3.25. The van der Waals surface area contributed by atoms with Crippen LogP contribution in [0.5, 0.6) is 0 Å². The number of aliphatic carboxylic acids is 1. The molecule has 0 unspecified atom stereocenters. The van der Waals surface area contributed by atoms with Crippen LogP contribution in [0.1, 0.15) is 12.8 Å². The zero-order chi connectivity index (χ0) is 9.68. The van der Waals surface area contributed by atoms with E-state index in [1.54, 1.807) is 24.4 Å². The van der Waals surface area contributed by atoms with Gasteiger partial charge in [-0.25, -0.2) is 0 Å². The molecule has 0 aromatic rings. The fraction of sp³-hybridized carbons (Fsp3) is 0.333. The first-order chi connectivity index (χ1) is 6.20. The molecule has 4 nitrogen and oxygen atoms in total. The molecule has 1 heterocycles. The number of hydrogen-bond donors (Lipinski definition) is 1. The Morgan fingerprint density at radius 3 is 3.00 bits per heavy atom. The summed E-state index contributed by atoms with van der Waals surface area (Å²) >= 11 is 0. The molecule has 13 heavy (non-hydrogen) atoms. The molecule has 0 atom stereocenters. The third-order valence-electron chi connectivity index (χ3n) is 1.69. The predicted molar refractivity (Wildman–Crippen MR) is 46.9 cm³/mol. The number of carbonyl (C=O) groups excluding carboxylic acids is 1. The van der Waals surface area contributed by atoms with E-state index >= 15 is 0 Å². The largest absolute Gasteiger partial charge is 0.481 e. The summed E-state index contributed by atoms with van der Waals surface area (Å²) in [5, 5.41) is 8.42. The lowest BCUT2D eigenvalue weighted by atomic mass is 10.3. The Balaban J connectivity index is 2.48. The van der Waals surface area contributed by atoms with Crippen molar-refractivity contribution in [1.29, 1.82) is 0 Å². The van der Waals surface area contributed by atoms with Crippen molar-refractivity contribution < 1.29 is 14.7 Å². The maximum absolute atomic E-state index is 11.3. The molecule has 70 valence electrons. The smallest absolute Gasteiger partial charge is 0.305 e. The van der Waals surface area contributed by atoms with Gasteiger partial charge in [0, 0.05) is 19.2 Å². The molecule has 0 saturated carbocycles. The molecule has 0 aliphatic carbocycles. The third kappa shape index (κ3) is 3.11. The SMILES string of the molecule is O=C(O)CCN1C=CC=CCC1=O. The first-order valence-electron chi connectivity index (χ1n) is 4.05. The van der Waals surface area contributed by atoms with Crippen molar-refractivity contribution in [3.05, 3.63) is 24.4 Å². The average molecular weight is 181 g/mol. The second kappa shape index (κ2) is 4.45. The molecule has 1 aliphatic heterocycles. The van der Waals surface area contributed by atoms with Crippen molar-refractivity contribution >= 4 is 11.9 Å².